The van der Waals surface area contributed by atoms with E-state index in [0.717, 1.165) is 28.4 Å². The van der Waals surface area contributed by atoms with Gasteiger partial charge in [-0.15, -0.1) is 0 Å². The van der Waals surface area contributed by atoms with Gasteiger partial charge in [-0.25, -0.2) is 8.42 Å². The molecule has 0 bridgehead atoms. The summed E-state index contributed by atoms with van der Waals surface area (Å²) >= 11 is 5.91. The number of benzene rings is 2. The Balaban J connectivity index is 1.49. The summed E-state index contributed by atoms with van der Waals surface area (Å²) in [5.41, 5.74) is 2.11. The first-order valence-corrected chi connectivity index (χ1v) is 12.0. The molecule has 2 aromatic carbocycles. The molecule has 2 aromatic rings. The SMILES string of the molecule is CC1Cc2cc(S(=O)(=O)N(C)CC(=O)Nc3cccc(Cl)c3)ccc2N1C(=O)C1CC1. The number of rotatable bonds is 6. The predicted octanol–water partition coefficient (Wildman–Crippen LogP) is 3.29. The van der Waals surface area contributed by atoms with Crippen molar-refractivity contribution in [1.29, 1.82) is 0 Å². The average molecular weight is 462 g/mol. The second kappa shape index (κ2) is 8.26. The van der Waals surface area contributed by atoms with Crippen LogP contribution in [0.25, 0.3) is 0 Å². The fourth-order valence-electron chi connectivity index (χ4n) is 3.86. The summed E-state index contributed by atoms with van der Waals surface area (Å²) in [4.78, 5) is 26.8. The Kier molecular flexibility index (Phi) is 5.81. The summed E-state index contributed by atoms with van der Waals surface area (Å²) in [7, 11) is -2.51. The van der Waals surface area contributed by atoms with Crippen LogP contribution in [0.2, 0.25) is 5.02 Å². The molecule has 0 saturated heterocycles. The highest BCUT2D eigenvalue weighted by atomic mass is 35.5. The zero-order valence-electron chi connectivity index (χ0n) is 17.3. The number of carbonyl (C=O) groups is 2. The largest absolute Gasteiger partial charge is 0.325 e. The van der Waals surface area contributed by atoms with Crippen LogP contribution in [-0.2, 0) is 26.0 Å². The summed E-state index contributed by atoms with van der Waals surface area (Å²) in [5.74, 6) is -0.248. The highest BCUT2D eigenvalue weighted by Crippen LogP contribution is 2.39. The van der Waals surface area contributed by atoms with Gasteiger partial charge in [-0.3, -0.25) is 9.59 Å². The van der Waals surface area contributed by atoms with Gasteiger partial charge in [0.25, 0.3) is 0 Å². The number of carbonyl (C=O) groups excluding carboxylic acids is 2. The number of nitrogens with zero attached hydrogens (tertiary/aromatic N) is 2. The Bertz CT molecular complexity index is 1150. The van der Waals surface area contributed by atoms with Crippen LogP contribution >= 0.6 is 11.6 Å². The molecular formula is C22H24ClN3O4S. The molecule has 4 rings (SSSR count). The van der Waals surface area contributed by atoms with Crippen LogP contribution in [0.1, 0.15) is 25.3 Å². The van der Waals surface area contributed by atoms with Gasteiger partial charge in [-0.05, 0) is 68.1 Å². The molecule has 9 heteroatoms. The smallest absolute Gasteiger partial charge is 0.243 e. The monoisotopic (exact) mass is 461 g/mol. The molecule has 0 aromatic heterocycles. The van der Waals surface area contributed by atoms with Crippen LogP contribution in [0.5, 0.6) is 0 Å². The van der Waals surface area contributed by atoms with Crippen LogP contribution in [-0.4, -0.2) is 44.2 Å². The molecule has 0 spiro atoms. The van der Waals surface area contributed by atoms with E-state index < -0.39 is 15.9 Å². The van der Waals surface area contributed by atoms with Gasteiger partial charge in [0, 0.05) is 35.4 Å². The maximum absolute atomic E-state index is 13.0. The number of amides is 2. The van der Waals surface area contributed by atoms with Gasteiger partial charge in [0.1, 0.15) is 0 Å². The first kappa shape index (κ1) is 21.8. The lowest BCUT2D eigenvalue weighted by Crippen LogP contribution is -2.36. The van der Waals surface area contributed by atoms with Crippen LogP contribution in [0, 0.1) is 5.92 Å². The third kappa shape index (κ3) is 4.46. The molecule has 1 heterocycles. The third-order valence-electron chi connectivity index (χ3n) is 5.61. The Morgan fingerprint density at radius 2 is 1.94 bits per heavy atom. The van der Waals surface area contributed by atoms with Crippen molar-refractivity contribution < 1.29 is 18.0 Å². The van der Waals surface area contributed by atoms with E-state index in [0.29, 0.717) is 17.1 Å². The quantitative estimate of drug-likeness (QED) is 0.715. The molecule has 31 heavy (non-hydrogen) atoms. The molecule has 1 saturated carbocycles. The zero-order valence-corrected chi connectivity index (χ0v) is 18.9. The number of fused-ring (bicyclic) bond motifs is 1. The van der Waals surface area contributed by atoms with Gasteiger partial charge >= 0.3 is 0 Å². The highest BCUT2D eigenvalue weighted by Gasteiger charge is 2.40. The number of hydrogen-bond acceptors (Lipinski definition) is 4. The normalized spacial score (nSPS) is 18.2. The minimum Gasteiger partial charge on any atom is -0.325 e. The molecule has 1 atom stereocenters. The lowest BCUT2D eigenvalue weighted by atomic mass is 10.1. The second-order valence-electron chi connectivity index (χ2n) is 8.15. The van der Waals surface area contributed by atoms with Crippen molar-refractivity contribution in [2.75, 3.05) is 23.8 Å². The Labute approximate surface area is 187 Å². The number of halogens is 1. The maximum Gasteiger partial charge on any atom is 0.243 e. The molecular weight excluding hydrogens is 438 g/mol. The number of hydrogen-bond donors (Lipinski definition) is 1. The van der Waals surface area contributed by atoms with Gasteiger partial charge in [-0.2, -0.15) is 4.31 Å². The third-order valence-corrected chi connectivity index (χ3v) is 7.65. The van der Waals surface area contributed by atoms with Gasteiger partial charge in [0.05, 0.1) is 11.4 Å². The van der Waals surface area contributed by atoms with Crippen LogP contribution in [0.15, 0.2) is 47.4 Å². The lowest BCUT2D eigenvalue weighted by Gasteiger charge is -2.23. The maximum atomic E-state index is 13.0. The minimum atomic E-state index is -3.87. The summed E-state index contributed by atoms with van der Waals surface area (Å²) in [5, 5.41) is 3.12. The van der Waals surface area contributed by atoms with Crippen molar-refractivity contribution in [3.05, 3.63) is 53.1 Å². The molecule has 1 N–H and O–H groups in total. The summed E-state index contributed by atoms with van der Waals surface area (Å²) in [6, 6.07) is 11.5. The van der Waals surface area contributed by atoms with Gasteiger partial charge in [-0.1, -0.05) is 17.7 Å². The molecule has 1 aliphatic heterocycles. The number of nitrogens with one attached hydrogen (secondary N) is 1. The Morgan fingerprint density at radius 1 is 1.19 bits per heavy atom. The second-order valence-corrected chi connectivity index (χ2v) is 10.6. The van der Waals surface area contributed by atoms with E-state index in [9.17, 15) is 18.0 Å². The van der Waals surface area contributed by atoms with Crippen molar-refractivity contribution in [3.63, 3.8) is 0 Å². The topological polar surface area (TPSA) is 86.8 Å². The van der Waals surface area contributed by atoms with E-state index in [-0.39, 0.29) is 29.3 Å². The highest BCUT2D eigenvalue weighted by molar-refractivity contribution is 7.89. The van der Waals surface area contributed by atoms with E-state index in [4.69, 9.17) is 11.6 Å². The standard InChI is InChI=1S/C22H24ClN3O4S/c1-14-10-16-11-19(8-9-20(16)26(14)22(28)15-6-7-15)31(29,30)25(2)13-21(27)24-18-5-3-4-17(23)12-18/h3-5,8-9,11-12,14-15H,6-7,10,13H2,1-2H3,(H,24,27). The van der Waals surface area contributed by atoms with Gasteiger partial charge < -0.3 is 10.2 Å². The summed E-state index contributed by atoms with van der Waals surface area (Å²) < 4.78 is 27.1. The Hall–Kier alpha value is -2.42. The van der Waals surface area contributed by atoms with E-state index in [1.807, 2.05) is 6.92 Å². The fraction of sp³-hybridized carbons (Fsp3) is 0.364. The fourth-order valence-corrected chi connectivity index (χ4v) is 5.23. The van der Waals surface area contributed by atoms with Crippen LogP contribution in [0.3, 0.4) is 0 Å². The van der Waals surface area contributed by atoms with Crippen molar-refractivity contribution in [3.8, 4) is 0 Å². The van der Waals surface area contributed by atoms with Crippen molar-refractivity contribution in [2.24, 2.45) is 5.92 Å². The van der Waals surface area contributed by atoms with Crippen LogP contribution in [0.4, 0.5) is 11.4 Å². The average Bonchev–Trinajstić information content (AvgIpc) is 3.49. The predicted molar refractivity (Wildman–Crippen MR) is 120 cm³/mol. The first-order chi connectivity index (χ1) is 14.7. The van der Waals surface area contributed by atoms with E-state index in [1.165, 1.54) is 13.1 Å². The molecule has 0 radical (unpaired) electrons. The summed E-state index contributed by atoms with van der Waals surface area (Å²) in [6.45, 7) is 1.63. The first-order valence-electron chi connectivity index (χ1n) is 10.1. The van der Waals surface area contributed by atoms with E-state index in [1.54, 1.807) is 41.3 Å². The molecule has 2 aliphatic rings. The van der Waals surface area contributed by atoms with Crippen molar-refractivity contribution in [2.45, 2.75) is 37.1 Å². The molecule has 1 fully saturated rings. The van der Waals surface area contributed by atoms with Crippen LogP contribution < -0.4 is 10.2 Å². The van der Waals surface area contributed by atoms with Gasteiger partial charge in [0.15, 0.2) is 0 Å². The molecule has 2 amide bonds. The Morgan fingerprint density at radius 3 is 2.61 bits per heavy atom. The van der Waals surface area contributed by atoms with Crippen molar-refractivity contribution >= 4 is 44.8 Å². The molecule has 1 aliphatic carbocycles. The van der Waals surface area contributed by atoms with Gasteiger partial charge in [0.2, 0.25) is 21.8 Å². The number of anilines is 2. The van der Waals surface area contributed by atoms with Crippen molar-refractivity contribution in [1.82, 2.24) is 4.31 Å². The molecule has 7 nitrogen and oxygen atoms in total. The molecule has 1 unspecified atom stereocenters. The zero-order chi connectivity index (χ0) is 22.3. The number of likely N-dealkylation sites (N-methyl/N-ethyl adjacent to an activating group) is 1. The number of sulfonamides is 1. The van der Waals surface area contributed by atoms with E-state index in [2.05, 4.69) is 5.32 Å². The minimum absolute atomic E-state index is 0.00209. The lowest BCUT2D eigenvalue weighted by molar-refractivity contribution is -0.120. The van der Waals surface area contributed by atoms with E-state index >= 15 is 0 Å². The summed E-state index contributed by atoms with van der Waals surface area (Å²) in [6.07, 6.45) is 2.45. The molecule has 164 valence electrons.